The zero-order valence-electron chi connectivity index (χ0n) is 15.0. The van der Waals surface area contributed by atoms with Crippen molar-refractivity contribution >= 4 is 11.8 Å². The van der Waals surface area contributed by atoms with Crippen LogP contribution in [0, 0.1) is 5.41 Å². The first-order valence-corrected chi connectivity index (χ1v) is 9.37. The highest BCUT2D eigenvalue weighted by Gasteiger charge is 2.45. The van der Waals surface area contributed by atoms with Crippen LogP contribution in [0.4, 0.5) is 0 Å². The standard InChI is InChI=1S/C20H27N3O2/c1-21-11-8-20(9-12-21)13-18(24)22(15-20)14-19(25)23-10-7-17(23)16-5-3-2-4-6-16/h2-6,17H,7-15H2,1H3/t17-/m0/s1. The summed E-state index contributed by atoms with van der Waals surface area (Å²) in [6.45, 7) is 3.92. The van der Waals surface area contributed by atoms with Crippen molar-refractivity contribution in [2.75, 3.05) is 39.8 Å². The van der Waals surface area contributed by atoms with Gasteiger partial charge in [0.1, 0.15) is 0 Å². The average molecular weight is 341 g/mol. The van der Waals surface area contributed by atoms with Gasteiger partial charge in [0.15, 0.2) is 0 Å². The van der Waals surface area contributed by atoms with Crippen LogP contribution in [0.5, 0.6) is 0 Å². The Bertz CT molecular complexity index is 652. The maximum Gasteiger partial charge on any atom is 0.242 e. The highest BCUT2D eigenvalue weighted by atomic mass is 16.2. The van der Waals surface area contributed by atoms with E-state index in [1.807, 2.05) is 28.0 Å². The molecule has 3 aliphatic heterocycles. The molecule has 1 aromatic carbocycles. The molecule has 0 saturated carbocycles. The second-order valence-electron chi connectivity index (χ2n) is 8.03. The van der Waals surface area contributed by atoms with Gasteiger partial charge in [-0.3, -0.25) is 9.59 Å². The number of likely N-dealkylation sites (tertiary alicyclic amines) is 3. The number of hydrogen-bond donors (Lipinski definition) is 0. The fraction of sp³-hybridized carbons (Fsp3) is 0.600. The van der Waals surface area contributed by atoms with Crippen LogP contribution in [0.1, 0.15) is 37.3 Å². The van der Waals surface area contributed by atoms with Crippen LogP contribution >= 0.6 is 0 Å². The summed E-state index contributed by atoms with van der Waals surface area (Å²) in [6, 6.07) is 10.4. The minimum atomic E-state index is 0.0958. The summed E-state index contributed by atoms with van der Waals surface area (Å²) in [7, 11) is 2.14. The molecule has 3 saturated heterocycles. The number of nitrogens with zero attached hydrogens (tertiary/aromatic N) is 3. The average Bonchev–Trinajstić information content (AvgIpc) is 2.86. The molecule has 3 aliphatic rings. The maximum atomic E-state index is 12.8. The highest BCUT2D eigenvalue weighted by Crippen LogP contribution is 2.41. The topological polar surface area (TPSA) is 43.9 Å². The molecule has 25 heavy (non-hydrogen) atoms. The summed E-state index contributed by atoms with van der Waals surface area (Å²) in [5.74, 6) is 0.258. The van der Waals surface area contributed by atoms with Crippen molar-refractivity contribution in [3.05, 3.63) is 35.9 Å². The molecule has 0 aliphatic carbocycles. The Morgan fingerprint density at radius 2 is 1.88 bits per heavy atom. The van der Waals surface area contributed by atoms with Gasteiger partial charge in [0.25, 0.3) is 0 Å². The first-order chi connectivity index (χ1) is 12.1. The van der Waals surface area contributed by atoms with Crippen molar-refractivity contribution in [2.45, 2.75) is 31.7 Å². The molecule has 0 unspecified atom stereocenters. The molecule has 1 atom stereocenters. The molecule has 3 heterocycles. The molecule has 0 radical (unpaired) electrons. The van der Waals surface area contributed by atoms with E-state index in [4.69, 9.17) is 0 Å². The van der Waals surface area contributed by atoms with Crippen LogP contribution in [0.25, 0.3) is 0 Å². The smallest absolute Gasteiger partial charge is 0.242 e. The van der Waals surface area contributed by atoms with Crippen molar-refractivity contribution in [2.24, 2.45) is 5.41 Å². The van der Waals surface area contributed by atoms with Crippen molar-refractivity contribution in [3.8, 4) is 0 Å². The second-order valence-corrected chi connectivity index (χ2v) is 8.03. The van der Waals surface area contributed by atoms with Gasteiger partial charge in [-0.05, 0) is 50.4 Å². The Morgan fingerprint density at radius 1 is 1.16 bits per heavy atom. The first kappa shape index (κ1) is 16.6. The van der Waals surface area contributed by atoms with Gasteiger partial charge in [0, 0.05) is 19.5 Å². The van der Waals surface area contributed by atoms with Gasteiger partial charge in [-0.1, -0.05) is 30.3 Å². The summed E-state index contributed by atoms with van der Waals surface area (Å²) in [5.41, 5.74) is 1.30. The van der Waals surface area contributed by atoms with E-state index in [0.29, 0.717) is 6.42 Å². The van der Waals surface area contributed by atoms with Gasteiger partial charge < -0.3 is 14.7 Å². The minimum absolute atomic E-state index is 0.0958. The van der Waals surface area contributed by atoms with Crippen LogP contribution < -0.4 is 0 Å². The molecular formula is C20H27N3O2. The van der Waals surface area contributed by atoms with E-state index in [1.165, 1.54) is 5.56 Å². The largest absolute Gasteiger partial charge is 0.334 e. The number of amides is 2. The van der Waals surface area contributed by atoms with Gasteiger partial charge in [0.2, 0.25) is 11.8 Å². The van der Waals surface area contributed by atoms with Crippen LogP contribution in [0.2, 0.25) is 0 Å². The van der Waals surface area contributed by atoms with E-state index < -0.39 is 0 Å². The quantitative estimate of drug-likeness (QED) is 0.843. The lowest BCUT2D eigenvalue weighted by Gasteiger charge is -2.42. The Morgan fingerprint density at radius 3 is 2.52 bits per heavy atom. The zero-order chi connectivity index (χ0) is 17.4. The number of piperidine rings is 1. The first-order valence-electron chi connectivity index (χ1n) is 9.37. The second kappa shape index (κ2) is 6.45. The van der Waals surface area contributed by atoms with E-state index in [2.05, 4.69) is 24.1 Å². The molecule has 0 aromatic heterocycles. The van der Waals surface area contributed by atoms with Gasteiger partial charge >= 0.3 is 0 Å². The maximum absolute atomic E-state index is 12.8. The lowest BCUT2D eigenvalue weighted by Crippen LogP contribution is -2.49. The SMILES string of the molecule is CN1CCC2(CC1)CC(=O)N(CC(=O)N1CC[C@H]1c1ccccc1)C2. The Labute approximate surface area is 149 Å². The Balaban J connectivity index is 1.37. The van der Waals surface area contributed by atoms with Crippen LogP contribution in [0.15, 0.2) is 30.3 Å². The van der Waals surface area contributed by atoms with E-state index in [9.17, 15) is 9.59 Å². The van der Waals surface area contributed by atoms with Crippen LogP contribution in [0.3, 0.4) is 0 Å². The van der Waals surface area contributed by atoms with Gasteiger partial charge in [-0.2, -0.15) is 0 Å². The molecule has 5 heteroatoms. The van der Waals surface area contributed by atoms with Crippen LogP contribution in [-0.4, -0.2) is 66.3 Å². The predicted molar refractivity (Wildman–Crippen MR) is 95.9 cm³/mol. The molecule has 3 fully saturated rings. The number of carbonyl (C=O) groups excluding carboxylic acids is 2. The van der Waals surface area contributed by atoms with Crippen LogP contribution in [-0.2, 0) is 9.59 Å². The summed E-state index contributed by atoms with van der Waals surface area (Å²) >= 11 is 0. The van der Waals surface area contributed by atoms with E-state index in [0.717, 1.165) is 45.4 Å². The Kier molecular flexibility index (Phi) is 4.28. The molecular weight excluding hydrogens is 314 g/mol. The molecule has 1 spiro atoms. The molecule has 0 bridgehead atoms. The fourth-order valence-corrected chi connectivity index (χ4v) is 4.52. The zero-order valence-corrected chi connectivity index (χ0v) is 15.0. The van der Waals surface area contributed by atoms with E-state index >= 15 is 0 Å². The van der Waals surface area contributed by atoms with Crippen molar-refractivity contribution in [1.29, 1.82) is 0 Å². The number of carbonyl (C=O) groups is 2. The number of benzene rings is 1. The third-order valence-electron chi connectivity index (χ3n) is 6.30. The third kappa shape index (κ3) is 3.17. The lowest BCUT2D eigenvalue weighted by molar-refractivity contribution is -0.144. The van der Waals surface area contributed by atoms with Gasteiger partial charge in [-0.15, -0.1) is 0 Å². The number of rotatable bonds is 3. The molecule has 134 valence electrons. The van der Waals surface area contributed by atoms with Crippen molar-refractivity contribution < 1.29 is 9.59 Å². The van der Waals surface area contributed by atoms with E-state index in [1.54, 1.807) is 0 Å². The molecule has 4 rings (SSSR count). The van der Waals surface area contributed by atoms with Crippen molar-refractivity contribution in [1.82, 2.24) is 14.7 Å². The molecule has 1 aromatic rings. The predicted octanol–water partition coefficient (Wildman–Crippen LogP) is 1.90. The number of hydrogen-bond acceptors (Lipinski definition) is 3. The van der Waals surface area contributed by atoms with Gasteiger partial charge in [0.05, 0.1) is 12.6 Å². The van der Waals surface area contributed by atoms with Crippen molar-refractivity contribution in [3.63, 3.8) is 0 Å². The summed E-state index contributed by atoms with van der Waals surface area (Å²) in [6.07, 6.45) is 3.77. The summed E-state index contributed by atoms with van der Waals surface area (Å²) < 4.78 is 0. The normalized spacial score (nSPS) is 26.1. The Hall–Kier alpha value is -1.88. The third-order valence-corrected chi connectivity index (χ3v) is 6.30. The monoisotopic (exact) mass is 341 g/mol. The molecule has 2 amide bonds. The molecule has 0 N–H and O–H groups in total. The highest BCUT2D eigenvalue weighted by molar-refractivity contribution is 5.87. The summed E-state index contributed by atoms with van der Waals surface area (Å²) in [4.78, 5) is 31.3. The fourth-order valence-electron chi connectivity index (χ4n) is 4.52. The summed E-state index contributed by atoms with van der Waals surface area (Å²) in [5, 5.41) is 0. The van der Waals surface area contributed by atoms with Gasteiger partial charge in [-0.25, -0.2) is 0 Å². The van der Waals surface area contributed by atoms with E-state index in [-0.39, 0.29) is 29.8 Å². The lowest BCUT2D eigenvalue weighted by atomic mass is 9.78. The molecule has 5 nitrogen and oxygen atoms in total. The minimum Gasteiger partial charge on any atom is -0.334 e.